The molecule has 86 valence electrons. The lowest BCUT2D eigenvalue weighted by Crippen LogP contribution is -2.11. The van der Waals surface area contributed by atoms with Crippen LogP contribution in [0.4, 0.5) is 0 Å². The molecule has 6 heteroatoms. The molecule has 2 aromatic rings. The minimum Gasteiger partial charge on any atom is -0.311 e. The topological polar surface area (TPSA) is 42.7 Å². The van der Waals surface area contributed by atoms with Crippen molar-refractivity contribution in [3.05, 3.63) is 32.7 Å². The lowest BCUT2D eigenvalue weighted by atomic mass is 10.4. The molecule has 0 amide bonds. The highest BCUT2D eigenvalue weighted by molar-refractivity contribution is 9.10. The summed E-state index contributed by atoms with van der Waals surface area (Å²) >= 11 is 5.16. The maximum atomic E-state index is 4.10. The van der Waals surface area contributed by atoms with Gasteiger partial charge >= 0.3 is 0 Å². The first kappa shape index (κ1) is 11.8. The molecule has 0 spiro atoms. The van der Waals surface area contributed by atoms with Crippen LogP contribution in [0.2, 0.25) is 0 Å². The number of nitrogens with zero attached hydrogens (tertiary/aromatic N) is 3. The number of aromatic nitrogens is 3. The third kappa shape index (κ3) is 3.13. The van der Waals surface area contributed by atoms with Crippen LogP contribution in [-0.2, 0) is 13.1 Å². The zero-order valence-electron chi connectivity index (χ0n) is 8.98. The van der Waals surface area contributed by atoms with Crippen molar-refractivity contribution in [2.45, 2.75) is 20.0 Å². The summed E-state index contributed by atoms with van der Waals surface area (Å²) in [5.74, 6) is 0. The molecule has 2 rings (SSSR count). The lowest BCUT2D eigenvalue weighted by Gasteiger charge is -1.96. The van der Waals surface area contributed by atoms with Crippen LogP contribution >= 0.6 is 27.3 Å². The highest BCUT2D eigenvalue weighted by Gasteiger charge is 2.02. The Morgan fingerprint density at radius 3 is 3.12 bits per heavy atom. The minimum absolute atomic E-state index is 0.782. The van der Waals surface area contributed by atoms with Crippen LogP contribution in [0.3, 0.4) is 0 Å². The van der Waals surface area contributed by atoms with Crippen molar-refractivity contribution < 1.29 is 0 Å². The van der Waals surface area contributed by atoms with Gasteiger partial charge in [0.2, 0.25) is 0 Å². The van der Waals surface area contributed by atoms with Crippen LogP contribution in [0.1, 0.15) is 17.5 Å². The number of halogens is 1. The molecule has 2 aromatic heterocycles. The summed E-state index contributed by atoms with van der Waals surface area (Å²) in [5, 5.41) is 13.5. The SMILES string of the molecule is CCNCc1cn(Cc2cc(Br)cs2)nn1. The van der Waals surface area contributed by atoms with Crippen LogP contribution in [0.5, 0.6) is 0 Å². The molecule has 0 aliphatic rings. The van der Waals surface area contributed by atoms with Crippen molar-refractivity contribution in [3.63, 3.8) is 0 Å². The summed E-state index contributed by atoms with van der Waals surface area (Å²) in [5.41, 5.74) is 0.984. The second-order valence-electron chi connectivity index (χ2n) is 3.42. The molecule has 0 aliphatic carbocycles. The summed E-state index contributed by atoms with van der Waals surface area (Å²) in [6.07, 6.45) is 1.98. The van der Waals surface area contributed by atoms with Gasteiger partial charge in [-0.25, -0.2) is 4.68 Å². The van der Waals surface area contributed by atoms with Crippen molar-refractivity contribution in [1.29, 1.82) is 0 Å². The van der Waals surface area contributed by atoms with E-state index in [1.165, 1.54) is 4.88 Å². The molecule has 4 nitrogen and oxygen atoms in total. The van der Waals surface area contributed by atoms with E-state index in [0.717, 1.165) is 29.8 Å². The Hall–Kier alpha value is -0.720. The van der Waals surface area contributed by atoms with Crippen LogP contribution in [0, 0.1) is 0 Å². The van der Waals surface area contributed by atoms with Gasteiger partial charge in [-0.05, 0) is 28.5 Å². The van der Waals surface area contributed by atoms with E-state index in [-0.39, 0.29) is 0 Å². The zero-order valence-corrected chi connectivity index (χ0v) is 11.4. The smallest absolute Gasteiger partial charge is 0.0964 e. The second kappa shape index (κ2) is 5.56. The fourth-order valence-electron chi connectivity index (χ4n) is 1.35. The molecule has 0 saturated heterocycles. The standard InChI is InChI=1S/C10H13BrN4S/c1-2-12-4-9-5-15(14-13-9)6-10-3-8(11)7-16-10/h3,5,7,12H,2,4,6H2,1H3. The van der Waals surface area contributed by atoms with Crippen LogP contribution in [0.25, 0.3) is 0 Å². The summed E-state index contributed by atoms with van der Waals surface area (Å²) in [6, 6.07) is 2.11. The summed E-state index contributed by atoms with van der Waals surface area (Å²) in [7, 11) is 0. The fraction of sp³-hybridized carbons (Fsp3) is 0.400. The molecule has 0 bridgehead atoms. The number of hydrogen-bond donors (Lipinski definition) is 1. The Labute approximate surface area is 107 Å². The predicted octanol–water partition coefficient (Wildman–Crippen LogP) is 2.26. The lowest BCUT2D eigenvalue weighted by molar-refractivity contribution is 0.653. The summed E-state index contributed by atoms with van der Waals surface area (Å²) in [6.45, 7) is 4.60. The van der Waals surface area contributed by atoms with Crippen molar-refractivity contribution >= 4 is 27.3 Å². The number of thiophene rings is 1. The Morgan fingerprint density at radius 2 is 2.44 bits per heavy atom. The molecular weight excluding hydrogens is 288 g/mol. The van der Waals surface area contributed by atoms with Crippen LogP contribution in [-0.4, -0.2) is 21.5 Å². The van der Waals surface area contributed by atoms with E-state index in [1.807, 2.05) is 10.9 Å². The number of nitrogens with one attached hydrogen (secondary N) is 1. The molecule has 0 radical (unpaired) electrons. The molecule has 1 N–H and O–H groups in total. The third-order valence-corrected chi connectivity index (χ3v) is 3.76. The fourth-order valence-corrected chi connectivity index (χ4v) is 2.79. The van der Waals surface area contributed by atoms with Gasteiger partial charge in [-0.3, -0.25) is 0 Å². The van der Waals surface area contributed by atoms with E-state index in [1.54, 1.807) is 11.3 Å². The van der Waals surface area contributed by atoms with Gasteiger partial charge in [-0.1, -0.05) is 12.1 Å². The van der Waals surface area contributed by atoms with Crippen LogP contribution in [0.15, 0.2) is 22.1 Å². The van der Waals surface area contributed by atoms with E-state index in [2.05, 4.69) is 49.9 Å². The van der Waals surface area contributed by atoms with Gasteiger partial charge in [0.15, 0.2) is 0 Å². The maximum Gasteiger partial charge on any atom is 0.0964 e. The average Bonchev–Trinajstić information content (AvgIpc) is 2.86. The van der Waals surface area contributed by atoms with E-state index < -0.39 is 0 Å². The quantitative estimate of drug-likeness (QED) is 0.921. The summed E-state index contributed by atoms with van der Waals surface area (Å²) < 4.78 is 2.99. The molecular formula is C10H13BrN4S. The molecule has 0 aliphatic heterocycles. The molecule has 0 unspecified atom stereocenters. The van der Waals surface area contributed by atoms with Crippen molar-refractivity contribution in [1.82, 2.24) is 20.3 Å². The van der Waals surface area contributed by atoms with Crippen molar-refractivity contribution in [2.75, 3.05) is 6.54 Å². The van der Waals surface area contributed by atoms with Crippen molar-refractivity contribution in [3.8, 4) is 0 Å². The molecule has 0 atom stereocenters. The van der Waals surface area contributed by atoms with Crippen molar-refractivity contribution in [2.24, 2.45) is 0 Å². The van der Waals surface area contributed by atoms with Gasteiger partial charge in [-0.2, -0.15) is 0 Å². The van der Waals surface area contributed by atoms with Crippen LogP contribution < -0.4 is 5.32 Å². The molecule has 2 heterocycles. The molecule has 0 fully saturated rings. The Morgan fingerprint density at radius 1 is 1.56 bits per heavy atom. The number of rotatable bonds is 5. The first-order valence-corrected chi connectivity index (χ1v) is 6.78. The first-order chi connectivity index (χ1) is 7.78. The Balaban J connectivity index is 1.97. The Bertz CT molecular complexity index is 451. The predicted molar refractivity (Wildman–Crippen MR) is 68.5 cm³/mol. The molecule has 0 saturated carbocycles. The van der Waals surface area contributed by atoms with Gasteiger partial charge in [-0.15, -0.1) is 16.4 Å². The van der Waals surface area contributed by atoms with Gasteiger partial charge in [0.25, 0.3) is 0 Å². The average molecular weight is 301 g/mol. The van der Waals surface area contributed by atoms with E-state index in [0.29, 0.717) is 0 Å². The number of hydrogen-bond acceptors (Lipinski definition) is 4. The van der Waals surface area contributed by atoms with E-state index in [9.17, 15) is 0 Å². The minimum atomic E-state index is 0.782. The third-order valence-electron chi connectivity index (χ3n) is 2.08. The van der Waals surface area contributed by atoms with E-state index in [4.69, 9.17) is 0 Å². The highest BCUT2D eigenvalue weighted by atomic mass is 79.9. The van der Waals surface area contributed by atoms with Gasteiger partial charge in [0.1, 0.15) is 0 Å². The summed E-state index contributed by atoms with van der Waals surface area (Å²) in [4.78, 5) is 1.27. The first-order valence-electron chi connectivity index (χ1n) is 5.10. The maximum absolute atomic E-state index is 4.10. The second-order valence-corrected chi connectivity index (χ2v) is 5.33. The zero-order chi connectivity index (χ0) is 11.4. The van der Waals surface area contributed by atoms with Gasteiger partial charge in [0.05, 0.1) is 18.4 Å². The van der Waals surface area contributed by atoms with E-state index >= 15 is 0 Å². The monoisotopic (exact) mass is 300 g/mol. The highest BCUT2D eigenvalue weighted by Crippen LogP contribution is 2.20. The Kier molecular flexibility index (Phi) is 4.09. The normalized spacial score (nSPS) is 10.9. The largest absolute Gasteiger partial charge is 0.311 e. The van der Waals surface area contributed by atoms with Gasteiger partial charge in [0, 0.05) is 21.3 Å². The molecule has 16 heavy (non-hydrogen) atoms. The van der Waals surface area contributed by atoms with Gasteiger partial charge < -0.3 is 5.32 Å². The molecule has 0 aromatic carbocycles.